The molecule has 1 aromatic heterocycles. The highest BCUT2D eigenvalue weighted by molar-refractivity contribution is 6.02. The Kier molecular flexibility index (Phi) is 6.67. The average molecular weight is 473 g/mol. The molecule has 2 amide bonds. The van der Waals surface area contributed by atoms with Crippen LogP contribution < -0.4 is 20.4 Å². The number of anilines is 4. The maximum Gasteiger partial charge on any atom is 0.342 e. The van der Waals surface area contributed by atoms with Gasteiger partial charge in [0.2, 0.25) is 5.95 Å². The lowest BCUT2D eigenvalue weighted by molar-refractivity contribution is -0.140. The first-order valence-electron chi connectivity index (χ1n) is 11.6. The maximum atomic E-state index is 14.7. The molecular weight excluding hydrogens is 442 g/mol. The molecule has 0 spiro atoms. The molecule has 2 heterocycles. The average Bonchev–Trinajstić information content (AvgIpc) is 3.33. The van der Waals surface area contributed by atoms with E-state index >= 15 is 0 Å². The van der Waals surface area contributed by atoms with Crippen molar-refractivity contribution in [2.24, 2.45) is 5.92 Å². The number of fused-ring (bicyclic) bond motifs is 1. The molecule has 34 heavy (non-hydrogen) atoms. The second-order valence-electron chi connectivity index (χ2n) is 9.34. The van der Waals surface area contributed by atoms with Crippen LogP contribution in [0.2, 0.25) is 0 Å². The van der Waals surface area contributed by atoms with Crippen molar-refractivity contribution in [1.29, 1.82) is 0 Å². The van der Waals surface area contributed by atoms with Crippen molar-refractivity contribution in [3.05, 3.63) is 36.0 Å². The maximum absolute atomic E-state index is 14.7. The van der Waals surface area contributed by atoms with Crippen molar-refractivity contribution in [2.75, 3.05) is 35.3 Å². The fourth-order valence-corrected chi connectivity index (χ4v) is 4.34. The first-order chi connectivity index (χ1) is 16.2. The molecule has 0 atom stereocenters. The third kappa shape index (κ3) is 4.95. The van der Waals surface area contributed by atoms with Crippen LogP contribution in [0.15, 0.2) is 30.5 Å². The molecule has 182 valence electrons. The van der Waals surface area contributed by atoms with Gasteiger partial charge in [-0.25, -0.2) is 4.98 Å². The lowest BCUT2D eigenvalue weighted by atomic mass is 10.1. The second-order valence-corrected chi connectivity index (χ2v) is 9.34. The van der Waals surface area contributed by atoms with E-state index in [1.165, 1.54) is 13.2 Å². The quantitative estimate of drug-likeness (QED) is 0.661. The van der Waals surface area contributed by atoms with E-state index in [2.05, 4.69) is 20.6 Å². The number of hydrogen-bond acceptors (Lipinski definition) is 6. The number of amides is 2. The summed E-state index contributed by atoms with van der Waals surface area (Å²) < 4.78 is 29.4. The third-order valence-corrected chi connectivity index (χ3v) is 6.21. The molecule has 0 saturated heterocycles. The number of nitrogens with zero attached hydrogens (tertiary/aromatic N) is 4. The summed E-state index contributed by atoms with van der Waals surface area (Å²) in [5.41, 5.74) is 1.44. The van der Waals surface area contributed by atoms with Gasteiger partial charge in [-0.15, -0.1) is 0 Å². The predicted molar refractivity (Wildman–Crippen MR) is 127 cm³/mol. The molecule has 1 aliphatic carbocycles. The molecule has 4 rings (SSSR count). The zero-order valence-electron chi connectivity index (χ0n) is 19.6. The third-order valence-electron chi connectivity index (χ3n) is 6.21. The van der Waals surface area contributed by atoms with Gasteiger partial charge in [0, 0.05) is 30.9 Å². The smallest absolute Gasteiger partial charge is 0.342 e. The van der Waals surface area contributed by atoms with Crippen molar-refractivity contribution >= 4 is 35.0 Å². The minimum atomic E-state index is -3.52. The van der Waals surface area contributed by atoms with Crippen molar-refractivity contribution in [3.63, 3.8) is 0 Å². The van der Waals surface area contributed by atoms with Gasteiger partial charge < -0.3 is 20.4 Å². The first-order valence-corrected chi connectivity index (χ1v) is 11.6. The summed E-state index contributed by atoms with van der Waals surface area (Å²) in [6, 6.07) is 6.75. The highest BCUT2D eigenvalue weighted by atomic mass is 19.3. The predicted octanol–water partition coefficient (Wildman–Crippen LogP) is 3.97. The van der Waals surface area contributed by atoms with E-state index in [4.69, 9.17) is 0 Å². The molecule has 1 aliphatic heterocycles. The molecule has 1 fully saturated rings. The van der Waals surface area contributed by atoms with Gasteiger partial charge in [-0.3, -0.25) is 9.59 Å². The number of aromatic nitrogens is 2. The van der Waals surface area contributed by atoms with E-state index in [1.807, 2.05) is 13.8 Å². The van der Waals surface area contributed by atoms with Gasteiger partial charge >= 0.3 is 5.92 Å². The Balaban J connectivity index is 1.58. The molecule has 8 nitrogen and oxygen atoms in total. The van der Waals surface area contributed by atoms with Crippen molar-refractivity contribution in [3.8, 4) is 0 Å². The number of nitrogens with one attached hydrogen (secondary N) is 2. The number of hydrogen-bond donors (Lipinski definition) is 2. The summed E-state index contributed by atoms with van der Waals surface area (Å²) in [7, 11) is 1.33. The van der Waals surface area contributed by atoms with E-state index in [-0.39, 0.29) is 23.6 Å². The van der Waals surface area contributed by atoms with Crippen molar-refractivity contribution in [1.82, 2.24) is 15.3 Å². The number of carbonyl (C=O) groups excluding carboxylic acids is 2. The molecule has 1 saturated carbocycles. The molecule has 0 bridgehead atoms. The zero-order valence-corrected chi connectivity index (χ0v) is 19.6. The summed E-state index contributed by atoms with van der Waals surface area (Å²) in [5, 5.41) is 5.95. The monoisotopic (exact) mass is 472 g/mol. The zero-order chi connectivity index (χ0) is 24.5. The Labute approximate surface area is 197 Å². The van der Waals surface area contributed by atoms with Gasteiger partial charge in [0.15, 0.2) is 5.82 Å². The summed E-state index contributed by atoms with van der Waals surface area (Å²) in [6.07, 6.45) is 4.87. The Morgan fingerprint density at radius 3 is 2.53 bits per heavy atom. The highest BCUT2D eigenvalue weighted by Crippen LogP contribution is 2.39. The van der Waals surface area contributed by atoms with Gasteiger partial charge in [-0.1, -0.05) is 26.7 Å². The number of benzene rings is 1. The minimum absolute atomic E-state index is 0.102. The van der Waals surface area contributed by atoms with Crippen LogP contribution in [-0.4, -0.2) is 53.9 Å². The van der Waals surface area contributed by atoms with Crippen LogP contribution in [-0.2, 0) is 4.79 Å². The van der Waals surface area contributed by atoms with Crippen LogP contribution in [0.25, 0.3) is 0 Å². The normalized spacial score (nSPS) is 18.1. The van der Waals surface area contributed by atoms with Crippen LogP contribution in [0.1, 0.15) is 49.9 Å². The van der Waals surface area contributed by atoms with Crippen LogP contribution in [0, 0.1) is 5.92 Å². The van der Waals surface area contributed by atoms with Gasteiger partial charge in [-0.05, 0) is 43.0 Å². The van der Waals surface area contributed by atoms with E-state index in [0.29, 0.717) is 29.5 Å². The SMILES string of the molecule is CC(C)CNC(=O)c1ccc(Nc2ncc3c(n2)N(C2CCCC2)CC(F)(F)C(=O)N3C)cc1. The topological polar surface area (TPSA) is 90.5 Å². The summed E-state index contributed by atoms with van der Waals surface area (Å²) >= 11 is 0. The largest absolute Gasteiger partial charge is 0.352 e. The Morgan fingerprint density at radius 2 is 1.88 bits per heavy atom. The minimum Gasteiger partial charge on any atom is -0.352 e. The van der Waals surface area contributed by atoms with E-state index in [1.54, 1.807) is 29.2 Å². The van der Waals surface area contributed by atoms with Crippen LogP contribution in [0.4, 0.5) is 31.9 Å². The number of carbonyl (C=O) groups is 2. The molecular formula is C24H30F2N6O2. The number of alkyl halides is 2. The lowest BCUT2D eigenvalue weighted by Gasteiger charge is -2.31. The number of rotatable bonds is 6. The molecule has 10 heteroatoms. The Hall–Kier alpha value is -3.30. The fourth-order valence-electron chi connectivity index (χ4n) is 4.34. The second kappa shape index (κ2) is 9.52. The summed E-state index contributed by atoms with van der Waals surface area (Å²) in [6.45, 7) is 3.94. The standard InChI is InChI=1S/C24H30F2N6O2/c1-15(2)12-27-21(33)16-8-10-17(11-9-16)29-23-28-13-19-20(30-23)32(18-6-4-5-7-18)14-24(25,26)22(34)31(19)3/h8-11,13,15,18H,4-7,12,14H2,1-3H3,(H,27,33)(H,28,29,30). The van der Waals surface area contributed by atoms with Crippen molar-refractivity contribution < 1.29 is 18.4 Å². The number of halogens is 2. The van der Waals surface area contributed by atoms with Crippen molar-refractivity contribution in [2.45, 2.75) is 51.5 Å². The Bertz CT molecular complexity index is 1050. The molecule has 0 radical (unpaired) electrons. The summed E-state index contributed by atoms with van der Waals surface area (Å²) in [5.74, 6) is -4.02. The van der Waals surface area contributed by atoms with Gasteiger partial charge in [0.05, 0.1) is 12.7 Å². The van der Waals surface area contributed by atoms with Gasteiger partial charge in [0.1, 0.15) is 5.69 Å². The first kappa shape index (κ1) is 23.8. The Morgan fingerprint density at radius 1 is 1.21 bits per heavy atom. The molecule has 0 unspecified atom stereocenters. The van der Waals surface area contributed by atoms with Gasteiger partial charge in [0.25, 0.3) is 11.8 Å². The lowest BCUT2D eigenvalue weighted by Crippen LogP contribution is -2.48. The van der Waals surface area contributed by atoms with E-state index < -0.39 is 18.4 Å². The fraction of sp³-hybridized carbons (Fsp3) is 0.500. The molecule has 2 aromatic rings. The highest BCUT2D eigenvalue weighted by Gasteiger charge is 2.48. The van der Waals surface area contributed by atoms with Crippen LogP contribution >= 0.6 is 0 Å². The molecule has 1 aromatic carbocycles. The van der Waals surface area contributed by atoms with Crippen LogP contribution in [0.5, 0.6) is 0 Å². The van der Waals surface area contributed by atoms with E-state index in [9.17, 15) is 18.4 Å². The van der Waals surface area contributed by atoms with E-state index in [0.717, 1.165) is 30.6 Å². The molecule has 2 aliphatic rings. The summed E-state index contributed by atoms with van der Waals surface area (Å²) in [4.78, 5) is 35.9. The van der Waals surface area contributed by atoms with Gasteiger partial charge in [-0.2, -0.15) is 13.8 Å². The molecule has 2 N–H and O–H groups in total. The van der Waals surface area contributed by atoms with Crippen LogP contribution in [0.3, 0.4) is 0 Å².